The maximum atomic E-state index is 10.7. The van der Waals surface area contributed by atoms with Gasteiger partial charge in [0.25, 0.3) is 0 Å². The molecule has 0 aliphatic rings. The minimum absolute atomic E-state index is 0.253. The highest BCUT2D eigenvalue weighted by atomic mass is 16.4. The molecule has 69 valence electrons. The topological polar surface area (TPSA) is 61.1 Å². The lowest BCUT2D eigenvalue weighted by molar-refractivity contribution is 0.0697. The van der Waals surface area contributed by atoms with Crippen LogP contribution in [0.15, 0.2) is 36.4 Å². The van der Waals surface area contributed by atoms with E-state index in [9.17, 15) is 4.79 Å². The summed E-state index contributed by atoms with van der Waals surface area (Å²) in [5, 5.41) is 10.3. The lowest BCUT2D eigenvalue weighted by atomic mass is 10.1. The number of hydrogen-bond donors (Lipinski definition) is 1. The molecule has 0 aliphatic heterocycles. The second-order valence-corrected chi connectivity index (χ2v) is 3.05. The molecule has 2 aromatic carbocycles. The Hall–Kier alpha value is -2.03. The molecule has 0 unspecified atom stereocenters. The number of benzene rings is 2. The molecule has 3 heteroatoms. The summed E-state index contributed by atoms with van der Waals surface area (Å²) in [6, 6.07) is 10.00. The van der Waals surface area contributed by atoms with E-state index in [2.05, 4.69) is 0 Å². The average molecular weight is 186 g/mol. The first kappa shape index (κ1) is 8.56. The van der Waals surface area contributed by atoms with Crippen molar-refractivity contribution >= 4 is 22.4 Å². The first-order valence-electron chi connectivity index (χ1n) is 4.16. The molecule has 0 aromatic heterocycles. The van der Waals surface area contributed by atoms with Gasteiger partial charge < -0.3 is 10.8 Å². The molecule has 0 saturated carbocycles. The van der Waals surface area contributed by atoms with E-state index >= 15 is 0 Å². The maximum Gasteiger partial charge on any atom is 0.335 e. The molecular weight excluding hydrogens is 178 g/mol. The van der Waals surface area contributed by atoms with Crippen LogP contribution >= 0.6 is 0 Å². The Morgan fingerprint density at radius 2 is 2.00 bits per heavy atom. The molecule has 2 aromatic rings. The molecule has 2 rings (SSSR count). The quantitative estimate of drug-likeness (QED) is 0.743. The summed E-state index contributed by atoms with van der Waals surface area (Å²) in [7, 11) is 0. The highest BCUT2D eigenvalue weighted by Crippen LogP contribution is 2.22. The Balaban J connectivity index is 2.73. The fourth-order valence-corrected chi connectivity index (χ4v) is 1.42. The van der Waals surface area contributed by atoms with E-state index in [1.165, 1.54) is 6.07 Å². The number of hydrogen-bond acceptors (Lipinski definition) is 1. The van der Waals surface area contributed by atoms with Crippen LogP contribution in [0.1, 0.15) is 10.4 Å². The molecule has 0 aliphatic carbocycles. The summed E-state index contributed by atoms with van der Waals surface area (Å²) in [6.07, 6.45) is 0. The molecule has 3 nitrogen and oxygen atoms in total. The number of aromatic carboxylic acids is 1. The summed E-state index contributed by atoms with van der Waals surface area (Å²) in [4.78, 5) is 10.7. The monoisotopic (exact) mass is 186 g/mol. The number of fused-ring (bicyclic) bond motifs is 1. The van der Waals surface area contributed by atoms with Gasteiger partial charge in [-0.25, -0.2) is 4.79 Å². The van der Waals surface area contributed by atoms with Crippen LogP contribution in [0.4, 0.5) is 5.69 Å². The average Bonchev–Trinajstić information content (AvgIpc) is 2.17. The van der Waals surface area contributed by atoms with Gasteiger partial charge in [0.05, 0.1) is 11.3 Å². The predicted molar refractivity (Wildman–Crippen MR) is 53.7 cm³/mol. The van der Waals surface area contributed by atoms with Crippen LogP contribution in [0.2, 0.25) is 0 Å². The summed E-state index contributed by atoms with van der Waals surface area (Å²) < 4.78 is 0. The van der Waals surface area contributed by atoms with E-state index < -0.39 is 5.97 Å². The molecule has 0 saturated heterocycles. The van der Waals surface area contributed by atoms with E-state index in [1.54, 1.807) is 30.3 Å². The molecule has 1 radical (unpaired) electrons. The molecule has 0 bridgehead atoms. The van der Waals surface area contributed by atoms with Crippen molar-refractivity contribution in [3.8, 4) is 0 Å². The molecular formula is C11H8NO2. The Bertz CT molecular complexity index is 506. The van der Waals surface area contributed by atoms with Crippen molar-refractivity contribution in [2.24, 2.45) is 0 Å². The normalized spacial score (nSPS) is 10.3. The molecule has 14 heavy (non-hydrogen) atoms. The van der Waals surface area contributed by atoms with Crippen LogP contribution in [-0.4, -0.2) is 11.1 Å². The zero-order chi connectivity index (χ0) is 10.1. The Labute approximate surface area is 80.8 Å². The largest absolute Gasteiger partial charge is 0.478 e. The summed E-state index contributed by atoms with van der Waals surface area (Å²) in [6.45, 7) is 0. The highest BCUT2D eigenvalue weighted by Gasteiger charge is 2.04. The van der Waals surface area contributed by atoms with E-state index in [0.29, 0.717) is 5.69 Å². The predicted octanol–water partition coefficient (Wildman–Crippen LogP) is 2.45. The van der Waals surface area contributed by atoms with Crippen molar-refractivity contribution in [1.82, 2.24) is 5.73 Å². The van der Waals surface area contributed by atoms with Crippen LogP contribution in [0.3, 0.4) is 0 Å². The molecule has 0 heterocycles. The third-order valence-corrected chi connectivity index (χ3v) is 2.13. The fraction of sp³-hybridized carbons (Fsp3) is 0. The Morgan fingerprint density at radius 3 is 2.71 bits per heavy atom. The lowest BCUT2D eigenvalue weighted by Gasteiger charge is -2.01. The van der Waals surface area contributed by atoms with Crippen LogP contribution in [0, 0.1) is 0 Å². The van der Waals surface area contributed by atoms with Crippen molar-refractivity contribution in [2.45, 2.75) is 0 Å². The third kappa shape index (κ3) is 1.29. The first-order chi connectivity index (χ1) is 6.68. The molecule has 0 amide bonds. The third-order valence-electron chi connectivity index (χ3n) is 2.13. The number of carbonyl (C=O) groups is 1. The number of nitrogens with one attached hydrogen (secondary N) is 1. The zero-order valence-electron chi connectivity index (χ0n) is 7.32. The van der Waals surface area contributed by atoms with Crippen molar-refractivity contribution in [3.63, 3.8) is 0 Å². The van der Waals surface area contributed by atoms with Gasteiger partial charge in [-0.05, 0) is 23.6 Å². The second kappa shape index (κ2) is 3.03. The molecule has 0 atom stereocenters. The molecule has 0 spiro atoms. The van der Waals surface area contributed by atoms with E-state index in [1.807, 2.05) is 0 Å². The number of carboxylic acids is 1. The SMILES string of the molecule is [NH]c1cccc2cc(C(=O)O)ccc12. The van der Waals surface area contributed by atoms with Crippen LogP contribution in [-0.2, 0) is 0 Å². The van der Waals surface area contributed by atoms with Crippen LogP contribution in [0.5, 0.6) is 0 Å². The van der Waals surface area contributed by atoms with Crippen LogP contribution < -0.4 is 5.73 Å². The zero-order valence-corrected chi connectivity index (χ0v) is 7.32. The fourth-order valence-electron chi connectivity index (χ4n) is 1.42. The van der Waals surface area contributed by atoms with Gasteiger partial charge in [0, 0.05) is 5.39 Å². The standard InChI is InChI=1S/C11H8NO2/c12-10-3-1-2-7-6-8(11(13)14)4-5-9(7)10/h1-6,12H,(H,13,14). The van der Waals surface area contributed by atoms with Crippen molar-refractivity contribution in [3.05, 3.63) is 42.0 Å². The van der Waals surface area contributed by atoms with Gasteiger partial charge >= 0.3 is 5.97 Å². The van der Waals surface area contributed by atoms with E-state index in [-0.39, 0.29) is 5.56 Å². The highest BCUT2D eigenvalue weighted by molar-refractivity contribution is 5.98. The van der Waals surface area contributed by atoms with Gasteiger partial charge in [-0.1, -0.05) is 18.2 Å². The van der Waals surface area contributed by atoms with E-state index in [4.69, 9.17) is 10.8 Å². The number of carboxylic acid groups (broad SMARTS) is 1. The first-order valence-corrected chi connectivity index (χ1v) is 4.16. The smallest absolute Gasteiger partial charge is 0.335 e. The van der Waals surface area contributed by atoms with Gasteiger partial charge in [0.1, 0.15) is 0 Å². The minimum atomic E-state index is -0.942. The van der Waals surface area contributed by atoms with Gasteiger partial charge in [0.2, 0.25) is 0 Å². The maximum absolute atomic E-state index is 10.7. The van der Waals surface area contributed by atoms with Gasteiger partial charge in [-0.15, -0.1) is 0 Å². The van der Waals surface area contributed by atoms with E-state index in [0.717, 1.165) is 10.8 Å². The summed E-state index contributed by atoms with van der Waals surface area (Å²) >= 11 is 0. The Kier molecular flexibility index (Phi) is 1.85. The van der Waals surface area contributed by atoms with Crippen molar-refractivity contribution < 1.29 is 9.90 Å². The van der Waals surface area contributed by atoms with Crippen molar-refractivity contribution in [2.75, 3.05) is 0 Å². The Morgan fingerprint density at radius 1 is 1.21 bits per heavy atom. The second-order valence-electron chi connectivity index (χ2n) is 3.05. The number of rotatable bonds is 1. The van der Waals surface area contributed by atoms with Gasteiger partial charge in [0.15, 0.2) is 0 Å². The molecule has 0 fully saturated rings. The van der Waals surface area contributed by atoms with Gasteiger partial charge in [-0.3, -0.25) is 0 Å². The van der Waals surface area contributed by atoms with Gasteiger partial charge in [-0.2, -0.15) is 0 Å². The lowest BCUT2D eigenvalue weighted by Crippen LogP contribution is -1.95. The molecule has 2 N–H and O–H groups in total. The summed E-state index contributed by atoms with van der Waals surface area (Å²) in [5.74, 6) is -0.942. The van der Waals surface area contributed by atoms with Crippen LogP contribution in [0.25, 0.3) is 10.8 Å². The summed E-state index contributed by atoms with van der Waals surface area (Å²) in [5.41, 5.74) is 8.26. The van der Waals surface area contributed by atoms with Crippen molar-refractivity contribution in [1.29, 1.82) is 0 Å². The minimum Gasteiger partial charge on any atom is -0.478 e.